The van der Waals surface area contributed by atoms with Crippen LogP contribution < -0.4 is 0 Å². The van der Waals surface area contributed by atoms with Crippen molar-refractivity contribution in [3.63, 3.8) is 0 Å². The molecule has 0 saturated carbocycles. The van der Waals surface area contributed by atoms with Crippen molar-refractivity contribution in [1.82, 2.24) is 4.98 Å². The summed E-state index contributed by atoms with van der Waals surface area (Å²) in [5.41, 5.74) is 1.83. The minimum Gasteiger partial charge on any atom is -0.240 e. The number of benzene rings is 1. The first-order valence-electron chi connectivity index (χ1n) is 4.35. The van der Waals surface area contributed by atoms with Gasteiger partial charge in [-0.05, 0) is 13.0 Å². The molecule has 0 radical (unpaired) electrons. The van der Waals surface area contributed by atoms with Crippen LogP contribution in [0.5, 0.6) is 0 Å². The van der Waals surface area contributed by atoms with Gasteiger partial charge in [0.1, 0.15) is 16.0 Å². The van der Waals surface area contributed by atoms with E-state index in [4.69, 9.17) is 5.26 Å². The molecule has 2 nitrogen and oxygen atoms in total. The summed E-state index contributed by atoms with van der Waals surface area (Å²) in [5, 5.41) is 9.74. The number of hydrogen-bond acceptors (Lipinski definition) is 3. The predicted octanol–water partition coefficient (Wildman–Crippen LogP) is 3.75. The Balaban J connectivity index is 2.56. The SMILES string of the molecule is Cc1nc(-c2ccccc2Br)sc1C#N. The van der Waals surface area contributed by atoms with Gasteiger partial charge in [-0.1, -0.05) is 34.1 Å². The fourth-order valence-corrected chi connectivity index (χ4v) is 2.76. The van der Waals surface area contributed by atoms with Crippen LogP contribution in [-0.2, 0) is 0 Å². The van der Waals surface area contributed by atoms with E-state index >= 15 is 0 Å². The van der Waals surface area contributed by atoms with Gasteiger partial charge in [-0.25, -0.2) is 4.98 Å². The minimum absolute atomic E-state index is 0.681. The molecule has 0 aliphatic rings. The zero-order chi connectivity index (χ0) is 10.8. The predicted molar refractivity (Wildman–Crippen MR) is 64.7 cm³/mol. The van der Waals surface area contributed by atoms with Crippen LogP contribution in [0.3, 0.4) is 0 Å². The number of nitrogens with zero attached hydrogens (tertiary/aromatic N) is 2. The maximum absolute atomic E-state index is 8.86. The molecule has 15 heavy (non-hydrogen) atoms. The van der Waals surface area contributed by atoms with Gasteiger partial charge in [0.15, 0.2) is 0 Å². The van der Waals surface area contributed by atoms with Crippen molar-refractivity contribution >= 4 is 27.3 Å². The Morgan fingerprint density at radius 2 is 2.13 bits per heavy atom. The summed E-state index contributed by atoms with van der Waals surface area (Å²) in [5.74, 6) is 0. The number of rotatable bonds is 1. The zero-order valence-corrected chi connectivity index (χ0v) is 10.4. The first-order valence-corrected chi connectivity index (χ1v) is 5.95. The normalized spacial score (nSPS) is 9.93. The van der Waals surface area contributed by atoms with Gasteiger partial charge in [0.2, 0.25) is 0 Å². The molecular formula is C11H7BrN2S. The van der Waals surface area contributed by atoms with E-state index in [1.54, 1.807) is 0 Å². The number of aromatic nitrogens is 1. The van der Waals surface area contributed by atoms with Crippen molar-refractivity contribution in [2.24, 2.45) is 0 Å². The lowest BCUT2D eigenvalue weighted by Crippen LogP contribution is -1.78. The van der Waals surface area contributed by atoms with Gasteiger partial charge < -0.3 is 0 Å². The van der Waals surface area contributed by atoms with E-state index in [-0.39, 0.29) is 0 Å². The Bertz CT molecular complexity index is 540. The Hall–Kier alpha value is -1.18. The molecule has 4 heteroatoms. The molecule has 0 unspecified atom stereocenters. The van der Waals surface area contributed by atoms with Gasteiger partial charge in [0.25, 0.3) is 0 Å². The van der Waals surface area contributed by atoms with E-state index < -0.39 is 0 Å². The molecule has 2 aromatic rings. The van der Waals surface area contributed by atoms with Crippen molar-refractivity contribution in [3.05, 3.63) is 39.3 Å². The van der Waals surface area contributed by atoms with Crippen LogP contribution in [0.2, 0.25) is 0 Å². The summed E-state index contributed by atoms with van der Waals surface area (Å²) < 4.78 is 1.00. The molecule has 0 aliphatic carbocycles. The second-order valence-corrected chi connectivity index (χ2v) is 4.88. The summed E-state index contributed by atoms with van der Waals surface area (Å²) in [4.78, 5) is 5.06. The molecule has 0 saturated heterocycles. The minimum atomic E-state index is 0.681. The van der Waals surface area contributed by atoms with Crippen LogP contribution >= 0.6 is 27.3 Å². The lowest BCUT2D eigenvalue weighted by molar-refractivity contribution is 1.25. The Morgan fingerprint density at radius 1 is 1.40 bits per heavy atom. The van der Waals surface area contributed by atoms with Gasteiger partial charge in [-0.2, -0.15) is 5.26 Å². The molecule has 0 fully saturated rings. The molecule has 0 N–H and O–H groups in total. The Labute approximate surface area is 100 Å². The molecule has 0 amide bonds. The van der Waals surface area contributed by atoms with Crippen LogP contribution in [-0.4, -0.2) is 4.98 Å². The number of thiazole rings is 1. The smallest absolute Gasteiger partial charge is 0.128 e. The molecule has 0 bridgehead atoms. The Kier molecular flexibility index (Phi) is 2.85. The monoisotopic (exact) mass is 278 g/mol. The van der Waals surface area contributed by atoms with Crippen LogP contribution in [0.25, 0.3) is 10.6 Å². The zero-order valence-electron chi connectivity index (χ0n) is 7.99. The molecule has 1 aromatic carbocycles. The summed E-state index contributed by atoms with van der Waals surface area (Å²) in [7, 11) is 0. The largest absolute Gasteiger partial charge is 0.240 e. The third-order valence-electron chi connectivity index (χ3n) is 2.00. The summed E-state index contributed by atoms with van der Waals surface area (Å²) in [6.07, 6.45) is 0. The first-order chi connectivity index (χ1) is 7.22. The average Bonchev–Trinajstić information content (AvgIpc) is 2.60. The van der Waals surface area contributed by atoms with E-state index in [1.165, 1.54) is 11.3 Å². The maximum atomic E-state index is 8.86. The summed E-state index contributed by atoms with van der Waals surface area (Å²) >= 11 is 4.90. The van der Waals surface area contributed by atoms with Gasteiger partial charge >= 0.3 is 0 Å². The van der Waals surface area contributed by atoms with Crippen LogP contribution in [0, 0.1) is 18.3 Å². The third-order valence-corrected chi connectivity index (χ3v) is 3.79. The number of hydrogen-bond donors (Lipinski definition) is 0. The topological polar surface area (TPSA) is 36.7 Å². The fraction of sp³-hybridized carbons (Fsp3) is 0.0909. The van der Waals surface area contributed by atoms with Crippen LogP contribution in [0.15, 0.2) is 28.7 Å². The molecule has 1 heterocycles. The van der Waals surface area contributed by atoms with Gasteiger partial charge in [0.05, 0.1) is 5.69 Å². The molecule has 74 valence electrons. The molecule has 2 rings (SSSR count). The molecular weight excluding hydrogens is 272 g/mol. The molecule has 0 aliphatic heterocycles. The number of halogens is 1. The third kappa shape index (κ3) is 1.94. The van der Waals surface area contributed by atoms with E-state index in [9.17, 15) is 0 Å². The molecule has 0 atom stereocenters. The highest BCUT2D eigenvalue weighted by atomic mass is 79.9. The first kappa shape index (κ1) is 10.3. The standard InChI is InChI=1S/C11H7BrN2S/c1-7-10(6-13)15-11(14-7)8-4-2-3-5-9(8)12/h2-5H,1H3. The highest BCUT2D eigenvalue weighted by Gasteiger charge is 2.10. The van der Waals surface area contributed by atoms with E-state index in [1.807, 2.05) is 31.2 Å². The second-order valence-electron chi connectivity index (χ2n) is 3.03. The van der Waals surface area contributed by atoms with E-state index in [0.29, 0.717) is 4.88 Å². The van der Waals surface area contributed by atoms with Gasteiger partial charge in [0, 0.05) is 10.0 Å². The van der Waals surface area contributed by atoms with Gasteiger partial charge in [-0.15, -0.1) is 11.3 Å². The lowest BCUT2D eigenvalue weighted by Gasteiger charge is -1.98. The highest BCUT2D eigenvalue weighted by Crippen LogP contribution is 2.32. The molecule has 1 aromatic heterocycles. The summed E-state index contributed by atoms with van der Waals surface area (Å²) in [6, 6.07) is 10.0. The quantitative estimate of drug-likeness (QED) is 0.797. The highest BCUT2D eigenvalue weighted by molar-refractivity contribution is 9.10. The summed E-state index contributed by atoms with van der Waals surface area (Å²) in [6.45, 7) is 1.86. The van der Waals surface area contributed by atoms with Crippen molar-refractivity contribution in [2.75, 3.05) is 0 Å². The number of nitriles is 1. The fourth-order valence-electron chi connectivity index (χ4n) is 1.25. The van der Waals surface area contributed by atoms with E-state index in [0.717, 1.165) is 20.7 Å². The van der Waals surface area contributed by atoms with Crippen molar-refractivity contribution in [1.29, 1.82) is 5.26 Å². The average molecular weight is 279 g/mol. The lowest BCUT2D eigenvalue weighted by atomic mass is 10.2. The Morgan fingerprint density at radius 3 is 2.73 bits per heavy atom. The van der Waals surface area contributed by atoms with Crippen LogP contribution in [0.1, 0.15) is 10.6 Å². The van der Waals surface area contributed by atoms with Crippen LogP contribution in [0.4, 0.5) is 0 Å². The maximum Gasteiger partial charge on any atom is 0.128 e. The molecule has 0 spiro atoms. The number of aryl methyl sites for hydroxylation is 1. The van der Waals surface area contributed by atoms with Crippen molar-refractivity contribution in [3.8, 4) is 16.6 Å². The van der Waals surface area contributed by atoms with E-state index in [2.05, 4.69) is 27.0 Å². The van der Waals surface area contributed by atoms with Crippen molar-refractivity contribution < 1.29 is 0 Å². The second kappa shape index (κ2) is 4.13. The van der Waals surface area contributed by atoms with Crippen molar-refractivity contribution in [2.45, 2.75) is 6.92 Å². The van der Waals surface area contributed by atoms with Gasteiger partial charge in [-0.3, -0.25) is 0 Å².